The summed E-state index contributed by atoms with van der Waals surface area (Å²) >= 11 is 0. The zero-order valence-electron chi connectivity index (χ0n) is 31.2. The Balaban J connectivity index is 1.12. The Morgan fingerprint density at radius 2 is 1.16 bits per heavy atom. The topological polar surface area (TPSA) is 22.9 Å². The first kappa shape index (κ1) is 31.4. The predicted molar refractivity (Wildman–Crippen MR) is 235 cm³/mol. The molecule has 4 aliphatic rings. The van der Waals surface area contributed by atoms with Crippen molar-refractivity contribution >= 4 is 96.2 Å². The van der Waals surface area contributed by atoms with Crippen molar-refractivity contribution in [3.8, 4) is 0 Å². The summed E-state index contributed by atoms with van der Waals surface area (Å²) in [4.78, 5) is 7.40. The molecule has 13 rings (SSSR count). The smallest absolute Gasteiger partial charge is 0.252 e. The first-order chi connectivity index (χ1) is 27.6. The number of benzene rings is 8. The standard InChI is InChI=1S/C51H36BN3O/c1-32-20-22-37(23-21-32)55-45-18-11-17-44-51(45)52(50-41-28-34(33(41)2)29-47(50)55)43-26-24-39(31-46(43)54(44)36-14-7-4-8-15-36)53(35-12-5-3-6-13-35)38-25-27-49-42(30-38)40-16-9-10-19-48(40)56-49/h3-27,29-31H,28H2,1-2H3. The highest BCUT2D eigenvalue weighted by molar-refractivity contribution is 7.00. The van der Waals surface area contributed by atoms with E-state index in [1.54, 1.807) is 0 Å². The van der Waals surface area contributed by atoms with Gasteiger partial charge in [0.2, 0.25) is 0 Å². The number of aryl methyl sites for hydroxylation is 2. The summed E-state index contributed by atoms with van der Waals surface area (Å²) in [6, 6.07) is 62.0. The molecule has 9 aromatic rings. The lowest BCUT2D eigenvalue weighted by Gasteiger charge is -2.46. The molecule has 3 heterocycles. The van der Waals surface area contributed by atoms with Crippen molar-refractivity contribution in [3.05, 3.63) is 192 Å². The molecule has 0 saturated heterocycles. The van der Waals surface area contributed by atoms with Crippen LogP contribution in [0.5, 0.6) is 0 Å². The number of anilines is 9. The Morgan fingerprint density at radius 1 is 0.500 bits per heavy atom. The van der Waals surface area contributed by atoms with E-state index in [1.165, 1.54) is 67.1 Å². The zero-order valence-corrected chi connectivity index (χ0v) is 31.2. The van der Waals surface area contributed by atoms with Gasteiger partial charge in [0, 0.05) is 62.0 Å². The molecule has 0 fully saturated rings. The lowest BCUT2D eigenvalue weighted by atomic mass is 9.32. The molecule has 2 bridgehead atoms. The lowest BCUT2D eigenvalue weighted by molar-refractivity contribution is 0.669. The predicted octanol–water partition coefficient (Wildman–Crippen LogP) is 11.7. The number of nitrogens with zero attached hydrogens (tertiary/aromatic N) is 3. The third kappa shape index (κ3) is 4.43. The van der Waals surface area contributed by atoms with Crippen LogP contribution in [0.3, 0.4) is 0 Å². The van der Waals surface area contributed by atoms with E-state index in [-0.39, 0.29) is 6.71 Å². The summed E-state index contributed by atoms with van der Waals surface area (Å²) < 4.78 is 6.27. The highest BCUT2D eigenvalue weighted by Gasteiger charge is 2.46. The monoisotopic (exact) mass is 717 g/mol. The highest BCUT2D eigenvalue weighted by Crippen LogP contribution is 2.48. The van der Waals surface area contributed by atoms with Crippen molar-refractivity contribution in [1.29, 1.82) is 0 Å². The van der Waals surface area contributed by atoms with Crippen LogP contribution in [0.2, 0.25) is 0 Å². The summed E-state index contributed by atoms with van der Waals surface area (Å²) in [6.07, 6.45) is 1.03. The van der Waals surface area contributed by atoms with Gasteiger partial charge in [0.25, 0.3) is 6.71 Å². The van der Waals surface area contributed by atoms with E-state index >= 15 is 0 Å². The maximum absolute atomic E-state index is 6.27. The van der Waals surface area contributed by atoms with E-state index < -0.39 is 0 Å². The Bertz CT molecular complexity index is 3040. The van der Waals surface area contributed by atoms with Crippen LogP contribution in [0.15, 0.2) is 174 Å². The fraction of sp³-hybridized carbons (Fsp3) is 0.0588. The van der Waals surface area contributed by atoms with E-state index in [4.69, 9.17) is 4.42 Å². The first-order valence-corrected chi connectivity index (χ1v) is 19.5. The molecular formula is C51H36BN3O. The SMILES string of the molecule is Cc1ccc(N2c3cccc4c3B(c3ccc(N(c5ccccc5)c5ccc6oc7ccccc7c6c5)cc3N4c3ccccc3)c3c2cc2c(C)c3C2)cc1. The molecule has 1 aromatic heterocycles. The number of hydrogen-bond acceptors (Lipinski definition) is 4. The second kappa shape index (κ2) is 11.8. The van der Waals surface area contributed by atoms with Gasteiger partial charge in [-0.05, 0) is 144 Å². The summed E-state index contributed by atoms with van der Waals surface area (Å²) in [5.41, 5.74) is 22.1. The second-order valence-electron chi connectivity index (χ2n) is 15.4. The van der Waals surface area contributed by atoms with Gasteiger partial charge in [-0.15, -0.1) is 0 Å². The number of para-hydroxylation sites is 3. The fourth-order valence-corrected chi connectivity index (χ4v) is 9.66. The summed E-state index contributed by atoms with van der Waals surface area (Å²) in [6.45, 7) is 4.56. The maximum Gasteiger partial charge on any atom is 0.252 e. The van der Waals surface area contributed by atoms with Crippen molar-refractivity contribution in [2.45, 2.75) is 20.3 Å². The van der Waals surface area contributed by atoms with Crippen LogP contribution in [0.25, 0.3) is 21.9 Å². The molecule has 5 heteroatoms. The van der Waals surface area contributed by atoms with Gasteiger partial charge >= 0.3 is 0 Å². The molecule has 0 N–H and O–H groups in total. The van der Waals surface area contributed by atoms with Gasteiger partial charge in [0.1, 0.15) is 11.2 Å². The van der Waals surface area contributed by atoms with Gasteiger partial charge in [0.15, 0.2) is 0 Å². The van der Waals surface area contributed by atoms with Gasteiger partial charge in [-0.25, -0.2) is 0 Å². The van der Waals surface area contributed by atoms with E-state index in [9.17, 15) is 0 Å². The van der Waals surface area contributed by atoms with Gasteiger partial charge < -0.3 is 19.1 Å². The Kier molecular flexibility index (Phi) is 6.59. The van der Waals surface area contributed by atoms with Crippen molar-refractivity contribution in [3.63, 3.8) is 0 Å². The summed E-state index contributed by atoms with van der Waals surface area (Å²) in [7, 11) is 0. The van der Waals surface area contributed by atoms with Crippen LogP contribution < -0.4 is 31.1 Å². The number of rotatable bonds is 5. The van der Waals surface area contributed by atoms with E-state index in [2.05, 4.69) is 186 Å². The number of furan rings is 1. The quantitative estimate of drug-likeness (QED) is 0.165. The van der Waals surface area contributed by atoms with Crippen LogP contribution >= 0.6 is 0 Å². The first-order valence-electron chi connectivity index (χ1n) is 19.5. The summed E-state index contributed by atoms with van der Waals surface area (Å²) in [5, 5.41) is 2.23. The third-order valence-corrected chi connectivity index (χ3v) is 12.3. The molecule has 0 atom stereocenters. The Morgan fingerprint density at radius 3 is 1.95 bits per heavy atom. The minimum atomic E-state index is 0.0868. The van der Waals surface area contributed by atoms with Crippen LogP contribution in [0.1, 0.15) is 22.3 Å². The fourth-order valence-electron chi connectivity index (χ4n) is 9.66. The second-order valence-corrected chi connectivity index (χ2v) is 15.4. The highest BCUT2D eigenvalue weighted by atomic mass is 16.3. The van der Waals surface area contributed by atoms with E-state index in [0.717, 1.165) is 51.1 Å². The summed E-state index contributed by atoms with van der Waals surface area (Å²) in [5.74, 6) is 0. The Hall–Kier alpha value is -6.98. The molecular weight excluding hydrogens is 681 g/mol. The third-order valence-electron chi connectivity index (χ3n) is 12.3. The largest absolute Gasteiger partial charge is 0.456 e. The van der Waals surface area contributed by atoms with Crippen molar-refractivity contribution in [1.82, 2.24) is 0 Å². The maximum atomic E-state index is 6.27. The van der Waals surface area contributed by atoms with Crippen LogP contribution in [-0.4, -0.2) is 6.71 Å². The van der Waals surface area contributed by atoms with E-state index in [0.29, 0.717) is 0 Å². The number of hydrogen-bond donors (Lipinski definition) is 0. The molecule has 2 aliphatic heterocycles. The van der Waals surface area contributed by atoms with Crippen molar-refractivity contribution in [2.24, 2.45) is 0 Å². The molecule has 0 amide bonds. The van der Waals surface area contributed by atoms with Gasteiger partial charge in [0.05, 0.1) is 0 Å². The minimum Gasteiger partial charge on any atom is -0.456 e. The molecule has 0 radical (unpaired) electrons. The molecule has 4 nitrogen and oxygen atoms in total. The molecule has 8 aromatic carbocycles. The zero-order chi connectivity index (χ0) is 37.1. The van der Waals surface area contributed by atoms with Crippen LogP contribution in [-0.2, 0) is 6.42 Å². The van der Waals surface area contributed by atoms with Gasteiger partial charge in [-0.2, -0.15) is 0 Å². The molecule has 0 unspecified atom stereocenters. The van der Waals surface area contributed by atoms with Crippen LogP contribution in [0.4, 0.5) is 51.2 Å². The van der Waals surface area contributed by atoms with Gasteiger partial charge in [-0.3, -0.25) is 0 Å². The molecule has 264 valence electrons. The van der Waals surface area contributed by atoms with Gasteiger partial charge in [-0.1, -0.05) is 84.4 Å². The Labute approximate surface area is 326 Å². The molecule has 56 heavy (non-hydrogen) atoms. The lowest BCUT2D eigenvalue weighted by Crippen LogP contribution is -2.63. The van der Waals surface area contributed by atoms with Crippen molar-refractivity contribution < 1.29 is 4.42 Å². The van der Waals surface area contributed by atoms with Crippen molar-refractivity contribution in [2.75, 3.05) is 14.7 Å². The van der Waals surface area contributed by atoms with E-state index in [1.807, 2.05) is 12.1 Å². The van der Waals surface area contributed by atoms with Crippen LogP contribution in [0, 0.1) is 13.8 Å². The average molecular weight is 718 g/mol. The molecule has 0 spiro atoms. The normalized spacial score (nSPS) is 13.4. The average Bonchev–Trinajstić information content (AvgIpc) is 3.62. The number of fused-ring (bicyclic) bond motifs is 5. The molecule has 2 aliphatic carbocycles. The molecule has 0 saturated carbocycles. The minimum absolute atomic E-state index is 0.0868.